The first-order valence-corrected chi connectivity index (χ1v) is 9.16. The first-order chi connectivity index (χ1) is 13.8. The number of benzene rings is 2. The van der Waals surface area contributed by atoms with Crippen molar-refractivity contribution in [2.24, 2.45) is 0 Å². The molecule has 0 radical (unpaired) electrons. The predicted molar refractivity (Wildman–Crippen MR) is 101 cm³/mol. The van der Waals surface area contributed by atoms with E-state index in [-0.39, 0.29) is 25.0 Å². The zero-order chi connectivity index (χ0) is 20.9. The summed E-state index contributed by atoms with van der Waals surface area (Å²) in [6.45, 7) is 2.22. The summed E-state index contributed by atoms with van der Waals surface area (Å²) in [4.78, 5) is 15.7. The number of hydrogen-bond donors (Lipinski definition) is 1. The molecule has 0 unspecified atom stereocenters. The third-order valence-corrected chi connectivity index (χ3v) is 4.57. The summed E-state index contributed by atoms with van der Waals surface area (Å²) in [6.07, 6.45) is -4.38. The average molecular weight is 411 g/mol. The Kier molecular flexibility index (Phi) is 6.46. The van der Waals surface area contributed by atoms with Crippen LogP contribution in [-0.4, -0.2) is 50.3 Å². The maximum absolute atomic E-state index is 12.9. The lowest BCUT2D eigenvalue weighted by atomic mass is 10.1. The molecule has 2 amide bonds. The number of ether oxygens (including phenoxy) is 1. The number of carbonyl (C=O) groups is 1. The van der Waals surface area contributed by atoms with Crippen LogP contribution in [0.15, 0.2) is 48.5 Å². The second-order valence-corrected chi connectivity index (χ2v) is 6.56. The molecule has 3 rings (SSSR count). The molecular formula is C20H21F4N3O2. The number of piperazine rings is 1. The van der Waals surface area contributed by atoms with E-state index >= 15 is 0 Å². The van der Waals surface area contributed by atoms with E-state index in [1.54, 1.807) is 11.0 Å². The fourth-order valence-corrected chi connectivity index (χ4v) is 3.02. The van der Waals surface area contributed by atoms with Crippen molar-refractivity contribution < 1.29 is 27.1 Å². The van der Waals surface area contributed by atoms with Crippen LogP contribution in [0, 0.1) is 5.82 Å². The van der Waals surface area contributed by atoms with Crippen LogP contribution in [0.2, 0.25) is 0 Å². The molecule has 2 aromatic rings. The summed E-state index contributed by atoms with van der Waals surface area (Å²) in [5.41, 5.74) is -0.191. The monoisotopic (exact) mass is 411 g/mol. The molecule has 0 bridgehead atoms. The molecule has 2 aromatic carbocycles. The van der Waals surface area contributed by atoms with Crippen LogP contribution in [0.25, 0.3) is 0 Å². The topological polar surface area (TPSA) is 44.8 Å². The minimum atomic E-state index is -4.38. The van der Waals surface area contributed by atoms with Crippen molar-refractivity contribution in [3.8, 4) is 5.75 Å². The van der Waals surface area contributed by atoms with E-state index in [1.807, 2.05) is 4.90 Å². The molecule has 156 valence electrons. The first kappa shape index (κ1) is 20.8. The van der Waals surface area contributed by atoms with Crippen molar-refractivity contribution in [1.82, 2.24) is 10.2 Å². The Labute approximate surface area is 165 Å². The highest BCUT2D eigenvalue weighted by Crippen LogP contribution is 2.31. The van der Waals surface area contributed by atoms with Crippen molar-refractivity contribution in [1.29, 1.82) is 0 Å². The van der Waals surface area contributed by atoms with Crippen molar-refractivity contribution in [2.75, 3.05) is 44.2 Å². The van der Waals surface area contributed by atoms with Crippen LogP contribution >= 0.6 is 0 Å². The number of anilines is 1. The van der Waals surface area contributed by atoms with E-state index in [0.29, 0.717) is 37.6 Å². The highest BCUT2D eigenvalue weighted by molar-refractivity contribution is 5.74. The van der Waals surface area contributed by atoms with E-state index in [2.05, 4.69) is 5.32 Å². The van der Waals surface area contributed by atoms with E-state index < -0.39 is 11.7 Å². The Morgan fingerprint density at radius 2 is 1.72 bits per heavy atom. The summed E-state index contributed by atoms with van der Waals surface area (Å²) in [5.74, 6) is 0.158. The van der Waals surface area contributed by atoms with E-state index in [4.69, 9.17) is 4.74 Å². The second kappa shape index (κ2) is 9.02. The van der Waals surface area contributed by atoms with E-state index in [1.165, 1.54) is 30.3 Å². The smallest absolute Gasteiger partial charge is 0.416 e. The number of alkyl halides is 3. The van der Waals surface area contributed by atoms with Gasteiger partial charge in [0.15, 0.2) is 0 Å². The summed E-state index contributed by atoms with van der Waals surface area (Å²) >= 11 is 0. The normalized spacial score (nSPS) is 14.6. The molecule has 1 heterocycles. The molecular weight excluding hydrogens is 390 g/mol. The summed E-state index contributed by atoms with van der Waals surface area (Å²) in [6, 6.07) is 10.5. The summed E-state index contributed by atoms with van der Waals surface area (Å²) in [5, 5.41) is 2.74. The Morgan fingerprint density at radius 1 is 1.03 bits per heavy atom. The molecule has 1 N–H and O–H groups in total. The van der Waals surface area contributed by atoms with Gasteiger partial charge in [-0.05, 0) is 42.5 Å². The standard InChI is InChI=1S/C20H21F4N3O2/c21-16-4-6-18(7-5-16)29-13-8-25-19(28)27-11-9-26(10-12-27)17-3-1-2-15(14-17)20(22,23)24/h1-7,14H,8-13H2,(H,25,28). The maximum Gasteiger partial charge on any atom is 0.416 e. The lowest BCUT2D eigenvalue weighted by Crippen LogP contribution is -2.52. The molecule has 0 aliphatic carbocycles. The fourth-order valence-electron chi connectivity index (χ4n) is 3.02. The third kappa shape index (κ3) is 5.75. The molecule has 0 aromatic heterocycles. The van der Waals surface area contributed by atoms with Gasteiger partial charge in [0.05, 0.1) is 12.1 Å². The van der Waals surface area contributed by atoms with Gasteiger partial charge in [-0.2, -0.15) is 13.2 Å². The predicted octanol–water partition coefficient (Wildman–Crippen LogP) is 3.76. The van der Waals surface area contributed by atoms with E-state index in [0.717, 1.165) is 12.1 Å². The van der Waals surface area contributed by atoms with Crippen molar-refractivity contribution in [2.45, 2.75) is 6.18 Å². The molecule has 9 heteroatoms. The van der Waals surface area contributed by atoms with Crippen LogP contribution in [0.1, 0.15) is 5.56 Å². The molecule has 0 spiro atoms. The summed E-state index contributed by atoms with van der Waals surface area (Å²) in [7, 11) is 0. The minimum absolute atomic E-state index is 0.238. The fraction of sp³-hybridized carbons (Fsp3) is 0.350. The number of amides is 2. The van der Waals surface area contributed by atoms with Gasteiger partial charge in [-0.25, -0.2) is 9.18 Å². The van der Waals surface area contributed by atoms with Gasteiger partial charge >= 0.3 is 12.2 Å². The van der Waals surface area contributed by atoms with Gasteiger partial charge in [-0.15, -0.1) is 0 Å². The number of nitrogens with one attached hydrogen (secondary N) is 1. The van der Waals surface area contributed by atoms with Crippen LogP contribution in [0.4, 0.5) is 28.0 Å². The van der Waals surface area contributed by atoms with Gasteiger partial charge in [-0.3, -0.25) is 0 Å². The van der Waals surface area contributed by atoms with Crippen LogP contribution < -0.4 is 15.0 Å². The van der Waals surface area contributed by atoms with Crippen molar-refractivity contribution in [3.05, 3.63) is 59.9 Å². The van der Waals surface area contributed by atoms with Crippen LogP contribution in [0.5, 0.6) is 5.75 Å². The molecule has 1 fully saturated rings. The molecule has 1 aliphatic rings. The van der Waals surface area contributed by atoms with Gasteiger partial charge in [-0.1, -0.05) is 6.07 Å². The highest BCUT2D eigenvalue weighted by Gasteiger charge is 2.31. The summed E-state index contributed by atoms with van der Waals surface area (Å²) < 4.78 is 56.8. The van der Waals surface area contributed by atoms with Crippen molar-refractivity contribution >= 4 is 11.7 Å². The third-order valence-electron chi connectivity index (χ3n) is 4.57. The molecule has 29 heavy (non-hydrogen) atoms. The van der Waals surface area contributed by atoms with Gasteiger partial charge in [0.25, 0.3) is 0 Å². The zero-order valence-corrected chi connectivity index (χ0v) is 15.6. The van der Waals surface area contributed by atoms with Crippen LogP contribution in [-0.2, 0) is 6.18 Å². The molecule has 5 nitrogen and oxygen atoms in total. The quantitative estimate of drug-likeness (QED) is 0.602. The Bertz CT molecular complexity index is 819. The number of nitrogens with zero attached hydrogens (tertiary/aromatic N) is 2. The van der Waals surface area contributed by atoms with Crippen molar-refractivity contribution in [3.63, 3.8) is 0 Å². The number of hydrogen-bond acceptors (Lipinski definition) is 3. The molecule has 1 saturated heterocycles. The van der Waals surface area contributed by atoms with Gasteiger partial charge < -0.3 is 19.9 Å². The highest BCUT2D eigenvalue weighted by atomic mass is 19.4. The first-order valence-electron chi connectivity index (χ1n) is 9.16. The SMILES string of the molecule is O=C(NCCOc1ccc(F)cc1)N1CCN(c2cccc(C(F)(F)F)c2)CC1. The van der Waals surface area contributed by atoms with Gasteiger partial charge in [0, 0.05) is 31.9 Å². The van der Waals surface area contributed by atoms with E-state index in [9.17, 15) is 22.4 Å². The van der Waals surface area contributed by atoms with Crippen LogP contribution in [0.3, 0.4) is 0 Å². The number of urea groups is 1. The van der Waals surface area contributed by atoms with Gasteiger partial charge in [0.2, 0.25) is 0 Å². The molecule has 1 aliphatic heterocycles. The Hall–Kier alpha value is -2.97. The molecule has 0 saturated carbocycles. The maximum atomic E-state index is 12.9. The largest absolute Gasteiger partial charge is 0.492 e. The zero-order valence-electron chi connectivity index (χ0n) is 15.6. The lowest BCUT2D eigenvalue weighted by molar-refractivity contribution is -0.137. The number of halogens is 4. The average Bonchev–Trinajstić information content (AvgIpc) is 2.72. The minimum Gasteiger partial charge on any atom is -0.492 e. The molecule has 0 atom stereocenters. The Morgan fingerprint density at radius 3 is 2.38 bits per heavy atom. The second-order valence-electron chi connectivity index (χ2n) is 6.56. The lowest BCUT2D eigenvalue weighted by Gasteiger charge is -2.36. The Balaban J connectivity index is 1.42. The number of carbonyl (C=O) groups excluding carboxylic acids is 1. The number of rotatable bonds is 5. The van der Waals surface area contributed by atoms with Gasteiger partial charge in [0.1, 0.15) is 18.2 Å².